The predicted molar refractivity (Wildman–Crippen MR) is 152 cm³/mol. The van der Waals surface area contributed by atoms with Crippen LogP contribution in [-0.2, 0) is 0 Å². The van der Waals surface area contributed by atoms with Crippen molar-refractivity contribution >= 4 is 62.6 Å². The summed E-state index contributed by atoms with van der Waals surface area (Å²) in [4.78, 5) is 25.6. The summed E-state index contributed by atoms with van der Waals surface area (Å²) in [6.07, 6.45) is 1.85. The molecule has 0 atom stereocenters. The first-order valence-corrected chi connectivity index (χ1v) is 13.0. The van der Waals surface area contributed by atoms with E-state index >= 15 is 0 Å². The van der Waals surface area contributed by atoms with E-state index < -0.39 is 11.9 Å². The van der Waals surface area contributed by atoms with Crippen molar-refractivity contribution in [2.24, 2.45) is 0 Å². The first-order valence-electron chi connectivity index (χ1n) is 11.0. The van der Waals surface area contributed by atoms with Gasteiger partial charge in [0, 0.05) is 28.7 Å². The van der Waals surface area contributed by atoms with E-state index in [0.717, 1.165) is 21.2 Å². The number of allylic oxidation sites excluding steroid dienone is 2. The maximum absolute atomic E-state index is 12.7. The molecule has 188 valence electrons. The Labute approximate surface area is 220 Å². The van der Waals surface area contributed by atoms with Crippen LogP contribution in [-0.4, -0.2) is 29.7 Å². The van der Waals surface area contributed by atoms with Crippen molar-refractivity contribution in [1.29, 1.82) is 5.41 Å². The summed E-state index contributed by atoms with van der Waals surface area (Å²) in [6, 6.07) is 9.23. The third-order valence-corrected chi connectivity index (χ3v) is 6.95. The molecule has 3 aromatic rings. The molecular weight excluding hydrogens is 502 g/mol. The van der Waals surface area contributed by atoms with Gasteiger partial charge in [-0.2, -0.15) is 0 Å². The minimum atomic E-state index is -1.09. The Morgan fingerprint density at radius 2 is 1.71 bits per heavy atom. The second-order valence-electron chi connectivity index (χ2n) is 7.08. The molecular formula is C26H32ClN3O3S2. The number of hydrogen-bond donors (Lipinski definition) is 4. The summed E-state index contributed by atoms with van der Waals surface area (Å²) < 4.78 is 0. The highest BCUT2D eigenvalue weighted by Gasteiger charge is 2.23. The maximum Gasteiger partial charge on any atom is 0.339 e. The molecule has 0 fully saturated rings. The molecule has 3 rings (SSSR count). The van der Waals surface area contributed by atoms with Gasteiger partial charge in [-0.3, -0.25) is 4.79 Å². The van der Waals surface area contributed by atoms with E-state index in [1.165, 1.54) is 22.7 Å². The standard InChI is InChI=1S/C20H19N3O3S2.C4H7Cl.C2H6/c1-10-4-6-12(7-5-10)17-16(20(25)26)14(9-27-17)23-18(24)15-8-13(11(2)21)19(22-3)28-15;1-3-4(2)5;1-2/h4-9,21-22H,1-3H3,(H,23,24)(H,25,26);3H,1-2H3;1-2H3/b;4-3+;. The van der Waals surface area contributed by atoms with E-state index in [2.05, 4.69) is 10.6 Å². The number of amides is 1. The zero-order valence-electron chi connectivity index (χ0n) is 21.0. The number of carboxylic acid groups (broad SMARTS) is 1. The summed E-state index contributed by atoms with van der Waals surface area (Å²) in [6.45, 7) is 11.4. The average molecular weight is 534 g/mol. The van der Waals surface area contributed by atoms with E-state index in [4.69, 9.17) is 17.0 Å². The van der Waals surface area contributed by atoms with Gasteiger partial charge in [0.15, 0.2) is 0 Å². The lowest BCUT2D eigenvalue weighted by molar-refractivity contribution is 0.0699. The minimum Gasteiger partial charge on any atom is -0.478 e. The number of carbonyl (C=O) groups excluding carboxylic acids is 1. The number of rotatable bonds is 6. The fraction of sp³-hybridized carbons (Fsp3) is 0.269. The monoisotopic (exact) mass is 533 g/mol. The molecule has 2 aromatic heterocycles. The fourth-order valence-electron chi connectivity index (χ4n) is 2.73. The van der Waals surface area contributed by atoms with Crippen LogP contribution in [0.2, 0.25) is 0 Å². The van der Waals surface area contributed by atoms with E-state index in [1.54, 1.807) is 25.4 Å². The van der Waals surface area contributed by atoms with Crippen molar-refractivity contribution in [3.05, 3.63) is 68.4 Å². The van der Waals surface area contributed by atoms with Gasteiger partial charge in [0.2, 0.25) is 0 Å². The SMILES string of the molecule is C/C=C(\C)Cl.CC.CNc1sc(C(=O)Nc2csc(-c3ccc(C)cc3)c2C(=O)O)cc1C(C)=N. The molecule has 0 unspecified atom stereocenters. The smallest absolute Gasteiger partial charge is 0.339 e. The molecule has 9 heteroatoms. The summed E-state index contributed by atoms with van der Waals surface area (Å²) in [7, 11) is 1.73. The van der Waals surface area contributed by atoms with Crippen LogP contribution < -0.4 is 10.6 Å². The van der Waals surface area contributed by atoms with Crippen LogP contribution >= 0.6 is 34.3 Å². The van der Waals surface area contributed by atoms with Crippen LogP contribution in [0.25, 0.3) is 10.4 Å². The molecule has 2 heterocycles. The average Bonchev–Trinajstić information content (AvgIpc) is 3.46. The van der Waals surface area contributed by atoms with Gasteiger partial charge in [-0.1, -0.05) is 61.4 Å². The number of halogens is 1. The Bertz CT molecular complexity index is 1190. The molecule has 0 aliphatic heterocycles. The molecule has 0 bridgehead atoms. The van der Waals surface area contributed by atoms with Gasteiger partial charge in [-0.25, -0.2) is 4.79 Å². The lowest BCUT2D eigenvalue weighted by atomic mass is 10.1. The van der Waals surface area contributed by atoms with Gasteiger partial charge in [-0.05, 0) is 39.3 Å². The van der Waals surface area contributed by atoms with Gasteiger partial charge in [0.1, 0.15) is 5.56 Å². The third-order valence-electron chi connectivity index (χ3n) is 4.55. The number of hydrogen-bond acceptors (Lipinski definition) is 6. The van der Waals surface area contributed by atoms with Gasteiger partial charge < -0.3 is 21.1 Å². The fourth-order valence-corrected chi connectivity index (χ4v) is 4.69. The normalized spacial score (nSPS) is 10.3. The van der Waals surface area contributed by atoms with Crippen molar-refractivity contribution in [3.8, 4) is 10.4 Å². The number of thiophene rings is 2. The van der Waals surface area contributed by atoms with Crippen molar-refractivity contribution in [3.63, 3.8) is 0 Å². The van der Waals surface area contributed by atoms with Crippen LogP contribution in [0.5, 0.6) is 0 Å². The summed E-state index contributed by atoms with van der Waals surface area (Å²) in [5.74, 6) is -1.49. The highest BCUT2D eigenvalue weighted by Crippen LogP contribution is 2.37. The summed E-state index contributed by atoms with van der Waals surface area (Å²) in [5.41, 5.74) is 3.23. The second-order valence-corrected chi connectivity index (χ2v) is 9.61. The zero-order chi connectivity index (χ0) is 26.7. The highest BCUT2D eigenvalue weighted by atomic mass is 35.5. The van der Waals surface area contributed by atoms with E-state index in [0.29, 0.717) is 21.0 Å². The second kappa shape index (κ2) is 14.5. The van der Waals surface area contributed by atoms with Crippen molar-refractivity contribution in [2.75, 3.05) is 17.7 Å². The van der Waals surface area contributed by atoms with Gasteiger partial charge >= 0.3 is 5.97 Å². The molecule has 0 saturated heterocycles. The number of carboxylic acids is 1. The predicted octanol–water partition coefficient (Wildman–Crippen LogP) is 8.34. The molecule has 0 aliphatic rings. The number of benzene rings is 1. The molecule has 0 saturated carbocycles. The first-order chi connectivity index (χ1) is 16.6. The Balaban J connectivity index is 0.000000779. The third kappa shape index (κ3) is 8.35. The van der Waals surface area contributed by atoms with E-state index in [9.17, 15) is 14.7 Å². The van der Waals surface area contributed by atoms with Gasteiger partial charge in [0.05, 0.1) is 20.4 Å². The summed E-state index contributed by atoms with van der Waals surface area (Å²) >= 11 is 7.83. The molecule has 1 amide bonds. The zero-order valence-corrected chi connectivity index (χ0v) is 23.4. The first kappa shape index (κ1) is 30.1. The van der Waals surface area contributed by atoms with Crippen LogP contribution in [0.1, 0.15) is 65.8 Å². The summed E-state index contributed by atoms with van der Waals surface area (Å²) in [5, 5.41) is 26.4. The molecule has 6 nitrogen and oxygen atoms in total. The van der Waals surface area contributed by atoms with Crippen LogP contribution in [0.4, 0.5) is 10.7 Å². The molecule has 0 aliphatic carbocycles. The lowest BCUT2D eigenvalue weighted by Gasteiger charge is -2.05. The number of aryl methyl sites for hydroxylation is 1. The van der Waals surface area contributed by atoms with Crippen LogP contribution in [0.3, 0.4) is 0 Å². The maximum atomic E-state index is 12.7. The highest BCUT2D eigenvalue weighted by molar-refractivity contribution is 7.18. The van der Waals surface area contributed by atoms with Gasteiger partial charge in [-0.15, -0.1) is 22.7 Å². The molecule has 35 heavy (non-hydrogen) atoms. The lowest BCUT2D eigenvalue weighted by Crippen LogP contribution is -2.12. The Hall–Kier alpha value is -2.94. The van der Waals surface area contributed by atoms with Crippen LogP contribution in [0.15, 0.2) is 46.8 Å². The number of anilines is 2. The van der Waals surface area contributed by atoms with Crippen LogP contribution in [0, 0.1) is 12.3 Å². The molecule has 4 N–H and O–H groups in total. The number of nitrogens with one attached hydrogen (secondary N) is 3. The number of aromatic carboxylic acids is 1. The minimum absolute atomic E-state index is 0.0797. The topological polar surface area (TPSA) is 102 Å². The Morgan fingerprint density at radius 1 is 1.14 bits per heavy atom. The molecule has 0 radical (unpaired) electrons. The van der Waals surface area contributed by atoms with Gasteiger partial charge in [0.25, 0.3) is 5.91 Å². The molecule has 0 spiro atoms. The van der Waals surface area contributed by atoms with E-state index in [1.807, 2.05) is 65.0 Å². The Morgan fingerprint density at radius 3 is 2.14 bits per heavy atom. The van der Waals surface area contributed by atoms with Crippen molar-refractivity contribution < 1.29 is 14.7 Å². The molecule has 1 aromatic carbocycles. The quantitative estimate of drug-likeness (QED) is 0.239. The Kier molecular flexibility index (Phi) is 12.4. The largest absolute Gasteiger partial charge is 0.478 e. The van der Waals surface area contributed by atoms with E-state index in [-0.39, 0.29) is 11.3 Å². The number of carbonyl (C=O) groups is 2. The van der Waals surface area contributed by atoms with Crippen molar-refractivity contribution in [1.82, 2.24) is 0 Å². The van der Waals surface area contributed by atoms with Crippen molar-refractivity contribution in [2.45, 2.75) is 41.5 Å².